The number of phenolic OH excluding ortho intramolecular Hbond substituents is 2. The second kappa shape index (κ2) is 16.4. The van der Waals surface area contributed by atoms with E-state index in [9.17, 15) is 10.2 Å². The van der Waals surface area contributed by atoms with Gasteiger partial charge < -0.3 is 20.8 Å². The molecule has 0 unspecified atom stereocenters. The Balaban J connectivity index is 1.61. The van der Waals surface area contributed by atoms with Gasteiger partial charge in [-0.25, -0.2) is 0 Å². The van der Waals surface area contributed by atoms with Crippen LogP contribution in [0.4, 0.5) is 0 Å². The van der Waals surface area contributed by atoms with Crippen molar-refractivity contribution in [1.29, 1.82) is 0 Å². The molecule has 3 rings (SSSR count). The Kier molecular flexibility index (Phi) is 12.6. The summed E-state index contributed by atoms with van der Waals surface area (Å²) in [5.74, 6) is 0.366. The number of benzene rings is 2. The SMILES string of the molecule is Cc1cc2c(O)c(c1)/C=N\CNCCNC/N=C/c1cc(C)cc(c1O)C=NCCNCCNCCN=C2. The number of aromatic hydroxyl groups is 2. The quantitative estimate of drug-likeness (QED) is 0.310. The normalized spacial score (nSPS) is 18.8. The van der Waals surface area contributed by atoms with Crippen molar-refractivity contribution in [3.63, 3.8) is 0 Å². The first kappa shape index (κ1) is 29.1. The summed E-state index contributed by atoms with van der Waals surface area (Å²) in [7, 11) is 0. The molecule has 10 heteroatoms. The fraction of sp³-hybridized carbons (Fsp3) is 0.429. The van der Waals surface area contributed by atoms with Gasteiger partial charge in [0.1, 0.15) is 11.5 Å². The largest absolute Gasteiger partial charge is 0.507 e. The van der Waals surface area contributed by atoms with Crippen LogP contribution in [-0.2, 0) is 0 Å². The summed E-state index contributed by atoms with van der Waals surface area (Å²) in [6.45, 7) is 10.6. The predicted octanol–water partition coefficient (Wildman–Crippen LogP) is 1.38. The van der Waals surface area contributed by atoms with E-state index in [1.54, 1.807) is 24.9 Å². The van der Waals surface area contributed by atoms with E-state index >= 15 is 0 Å². The van der Waals surface area contributed by atoms with Gasteiger partial charge in [-0.1, -0.05) is 0 Å². The molecule has 2 aromatic rings. The van der Waals surface area contributed by atoms with Gasteiger partial charge in [-0.2, -0.15) is 0 Å². The second-order valence-corrected chi connectivity index (χ2v) is 9.09. The summed E-state index contributed by atoms with van der Waals surface area (Å²) < 4.78 is 0. The van der Waals surface area contributed by atoms with Crippen LogP contribution in [0.1, 0.15) is 33.4 Å². The number of rotatable bonds is 0. The zero-order valence-electron chi connectivity index (χ0n) is 22.4. The van der Waals surface area contributed by atoms with Crippen LogP contribution in [0.5, 0.6) is 11.5 Å². The fourth-order valence-corrected chi connectivity index (χ4v) is 3.86. The van der Waals surface area contributed by atoms with Crippen LogP contribution in [-0.4, -0.2) is 101 Å². The Hall–Kier alpha value is -3.44. The highest BCUT2D eigenvalue weighted by molar-refractivity contribution is 5.93. The van der Waals surface area contributed by atoms with Gasteiger partial charge >= 0.3 is 0 Å². The first-order chi connectivity index (χ1) is 18.5. The molecule has 38 heavy (non-hydrogen) atoms. The maximum absolute atomic E-state index is 10.6. The Morgan fingerprint density at radius 2 is 0.842 bits per heavy atom. The summed E-state index contributed by atoms with van der Waals surface area (Å²) in [5, 5.41) is 34.4. The molecule has 4 bridgehead atoms. The number of aliphatic imine (C=N–C) groups is 4. The van der Waals surface area contributed by atoms with Crippen molar-refractivity contribution in [2.45, 2.75) is 13.8 Å². The summed E-state index contributed by atoms with van der Waals surface area (Å²) in [6.07, 6.45) is 6.80. The van der Waals surface area contributed by atoms with Gasteiger partial charge in [0.05, 0.1) is 26.4 Å². The smallest absolute Gasteiger partial charge is 0.133 e. The van der Waals surface area contributed by atoms with E-state index in [0.717, 1.165) is 37.3 Å². The van der Waals surface area contributed by atoms with Crippen LogP contribution in [0.3, 0.4) is 0 Å². The standard InChI is InChI=1S/C28H40N8O2/c1-21-11-23-15-31-7-5-29-3-4-30-6-8-32-16-24-12-22(2)14-26(28(24)38)18-36-20-34-10-9-33-19-35-17-25(13-21)27(23)37/h11-18,29-30,33-34,37-38H,3-10,19-20H2,1-2H3/b31-15?,32-16?,35-17-,36-18+. The molecule has 1 heterocycles. The number of phenols is 2. The average Bonchev–Trinajstić information content (AvgIpc) is 2.89. The third-order valence-electron chi connectivity index (χ3n) is 5.75. The molecule has 0 saturated heterocycles. The molecule has 0 amide bonds. The van der Waals surface area contributed by atoms with Crippen molar-refractivity contribution >= 4 is 24.9 Å². The number of aryl methyl sites for hydroxylation is 2. The third kappa shape index (κ3) is 10.1. The fourth-order valence-electron chi connectivity index (χ4n) is 3.86. The molecular formula is C28H40N8O2. The zero-order valence-corrected chi connectivity index (χ0v) is 22.4. The molecule has 1 aliphatic rings. The average molecular weight is 521 g/mol. The van der Waals surface area contributed by atoms with E-state index in [1.165, 1.54) is 0 Å². The molecule has 0 aromatic heterocycles. The van der Waals surface area contributed by atoms with E-state index in [1.807, 2.05) is 38.1 Å². The minimum Gasteiger partial charge on any atom is -0.507 e. The molecule has 1 aliphatic heterocycles. The van der Waals surface area contributed by atoms with Crippen LogP contribution in [0.25, 0.3) is 0 Å². The Labute approximate surface area is 225 Å². The van der Waals surface area contributed by atoms with E-state index in [0.29, 0.717) is 61.8 Å². The van der Waals surface area contributed by atoms with Gasteiger partial charge in [0.2, 0.25) is 0 Å². The lowest BCUT2D eigenvalue weighted by Crippen LogP contribution is -2.30. The number of fused-ring (bicyclic) bond motifs is 4. The van der Waals surface area contributed by atoms with E-state index < -0.39 is 0 Å². The number of hydrogen-bond acceptors (Lipinski definition) is 10. The lowest BCUT2D eigenvalue weighted by atomic mass is 10.1. The summed E-state index contributed by atoms with van der Waals surface area (Å²) in [4.78, 5) is 17.7. The molecule has 0 fully saturated rings. The van der Waals surface area contributed by atoms with Crippen LogP contribution < -0.4 is 21.3 Å². The van der Waals surface area contributed by atoms with Gasteiger partial charge in [-0.3, -0.25) is 30.6 Å². The highest BCUT2D eigenvalue weighted by Crippen LogP contribution is 2.22. The summed E-state index contributed by atoms with van der Waals surface area (Å²) >= 11 is 0. The molecular weight excluding hydrogens is 480 g/mol. The molecule has 0 radical (unpaired) electrons. The van der Waals surface area contributed by atoms with Crippen LogP contribution in [0.15, 0.2) is 44.2 Å². The maximum Gasteiger partial charge on any atom is 0.133 e. The first-order valence-corrected chi connectivity index (χ1v) is 13.0. The minimum absolute atomic E-state index is 0.183. The van der Waals surface area contributed by atoms with Crippen molar-refractivity contribution in [2.75, 3.05) is 65.7 Å². The number of nitrogens with one attached hydrogen (secondary N) is 4. The van der Waals surface area contributed by atoms with Crippen molar-refractivity contribution in [3.8, 4) is 11.5 Å². The highest BCUT2D eigenvalue weighted by atomic mass is 16.3. The van der Waals surface area contributed by atoms with E-state index in [2.05, 4.69) is 41.2 Å². The van der Waals surface area contributed by atoms with Gasteiger partial charge in [0, 0.05) is 86.4 Å². The topological polar surface area (TPSA) is 138 Å². The monoisotopic (exact) mass is 520 g/mol. The van der Waals surface area contributed by atoms with Crippen molar-refractivity contribution in [2.24, 2.45) is 20.0 Å². The van der Waals surface area contributed by atoms with Gasteiger partial charge in [-0.15, -0.1) is 0 Å². The Morgan fingerprint density at radius 1 is 0.500 bits per heavy atom. The molecule has 10 nitrogen and oxygen atoms in total. The highest BCUT2D eigenvalue weighted by Gasteiger charge is 2.06. The number of hydrogen-bond donors (Lipinski definition) is 6. The minimum atomic E-state index is 0.183. The molecule has 0 spiro atoms. The maximum atomic E-state index is 10.6. The van der Waals surface area contributed by atoms with Gasteiger partial charge in [0.25, 0.3) is 0 Å². The molecule has 204 valence electrons. The Bertz CT molecular complexity index is 1050. The summed E-state index contributed by atoms with van der Waals surface area (Å²) in [6, 6.07) is 7.65. The molecule has 0 aliphatic carbocycles. The van der Waals surface area contributed by atoms with Crippen molar-refractivity contribution in [1.82, 2.24) is 21.3 Å². The lowest BCUT2D eigenvalue weighted by molar-refractivity contribution is 0.473. The van der Waals surface area contributed by atoms with E-state index in [-0.39, 0.29) is 11.5 Å². The van der Waals surface area contributed by atoms with Crippen LogP contribution in [0, 0.1) is 13.8 Å². The van der Waals surface area contributed by atoms with Crippen LogP contribution in [0.2, 0.25) is 0 Å². The molecule has 0 atom stereocenters. The Morgan fingerprint density at radius 3 is 1.24 bits per heavy atom. The van der Waals surface area contributed by atoms with E-state index in [4.69, 9.17) is 0 Å². The molecule has 0 saturated carbocycles. The molecule has 2 aromatic carbocycles. The molecule has 6 N–H and O–H groups in total. The van der Waals surface area contributed by atoms with Crippen molar-refractivity contribution < 1.29 is 10.2 Å². The third-order valence-corrected chi connectivity index (χ3v) is 5.75. The predicted molar refractivity (Wildman–Crippen MR) is 157 cm³/mol. The first-order valence-electron chi connectivity index (χ1n) is 13.0. The zero-order chi connectivity index (χ0) is 27.0. The van der Waals surface area contributed by atoms with Gasteiger partial charge in [-0.05, 0) is 49.2 Å². The van der Waals surface area contributed by atoms with Gasteiger partial charge in [0.15, 0.2) is 0 Å². The summed E-state index contributed by atoms with van der Waals surface area (Å²) in [5.41, 5.74) is 4.79. The van der Waals surface area contributed by atoms with Crippen molar-refractivity contribution in [3.05, 3.63) is 57.6 Å². The lowest BCUT2D eigenvalue weighted by Gasteiger charge is -2.07. The number of nitrogens with zero attached hydrogens (tertiary/aromatic N) is 4. The van der Waals surface area contributed by atoms with Crippen LogP contribution >= 0.6 is 0 Å². The second-order valence-electron chi connectivity index (χ2n) is 9.09.